The van der Waals surface area contributed by atoms with E-state index in [1.807, 2.05) is 38.3 Å². The molecule has 7 heteroatoms. The smallest absolute Gasteiger partial charge is 0.269 e. The van der Waals surface area contributed by atoms with Gasteiger partial charge in [-0.15, -0.1) is 11.3 Å². The van der Waals surface area contributed by atoms with Gasteiger partial charge in [0.05, 0.1) is 10.6 Å². The van der Waals surface area contributed by atoms with Crippen molar-refractivity contribution in [3.63, 3.8) is 0 Å². The molecule has 1 heterocycles. The molecular formula is C19H17N3O3S. The molecule has 6 nitrogen and oxygen atoms in total. The second-order valence-electron chi connectivity index (χ2n) is 6.07. The highest BCUT2D eigenvalue weighted by atomic mass is 32.1. The quantitative estimate of drug-likeness (QED) is 0.525. The monoisotopic (exact) mass is 367 g/mol. The van der Waals surface area contributed by atoms with Gasteiger partial charge in [-0.3, -0.25) is 20.2 Å². The number of aryl methyl sites for hydroxylation is 3. The van der Waals surface area contributed by atoms with Crippen LogP contribution in [-0.2, 0) is 0 Å². The van der Waals surface area contributed by atoms with Gasteiger partial charge in [0.15, 0.2) is 5.13 Å². The number of hydrogen-bond donors (Lipinski definition) is 1. The maximum atomic E-state index is 12.6. The van der Waals surface area contributed by atoms with Crippen molar-refractivity contribution in [3.05, 3.63) is 74.1 Å². The van der Waals surface area contributed by atoms with Gasteiger partial charge in [-0.1, -0.05) is 17.7 Å². The van der Waals surface area contributed by atoms with E-state index in [2.05, 4.69) is 10.3 Å². The van der Waals surface area contributed by atoms with Crippen LogP contribution in [0.1, 0.15) is 27.0 Å². The maximum absolute atomic E-state index is 12.6. The van der Waals surface area contributed by atoms with Crippen LogP contribution in [0, 0.1) is 30.9 Å². The lowest BCUT2D eigenvalue weighted by atomic mass is 9.99. The number of nitrogens with zero attached hydrogens (tertiary/aromatic N) is 2. The molecule has 0 bridgehead atoms. The number of carbonyl (C=O) groups is 1. The number of carbonyl (C=O) groups excluding carboxylic acids is 1. The van der Waals surface area contributed by atoms with Gasteiger partial charge >= 0.3 is 0 Å². The maximum Gasteiger partial charge on any atom is 0.269 e. The lowest BCUT2D eigenvalue weighted by Crippen LogP contribution is -2.15. The number of nitro groups is 1. The zero-order chi connectivity index (χ0) is 18.8. The molecule has 0 aliphatic rings. The minimum atomic E-state index is -0.442. The summed E-state index contributed by atoms with van der Waals surface area (Å²) in [4.78, 5) is 27.3. The molecule has 3 aromatic rings. The fourth-order valence-corrected chi connectivity index (χ4v) is 3.63. The lowest BCUT2D eigenvalue weighted by Gasteiger charge is -2.10. The highest BCUT2D eigenvalue weighted by molar-refractivity contribution is 7.14. The average Bonchev–Trinajstić information content (AvgIpc) is 3.02. The number of anilines is 1. The predicted molar refractivity (Wildman–Crippen MR) is 103 cm³/mol. The summed E-state index contributed by atoms with van der Waals surface area (Å²) in [5.74, 6) is -0.190. The Kier molecular flexibility index (Phi) is 4.81. The number of nitrogens with one attached hydrogen (secondary N) is 1. The Morgan fingerprint density at radius 2 is 1.73 bits per heavy atom. The topological polar surface area (TPSA) is 85.1 Å². The molecule has 1 N–H and O–H groups in total. The zero-order valence-electron chi connectivity index (χ0n) is 14.6. The molecule has 0 fully saturated rings. The van der Waals surface area contributed by atoms with E-state index in [0.29, 0.717) is 16.4 Å². The first-order valence-electron chi connectivity index (χ1n) is 7.94. The van der Waals surface area contributed by atoms with Crippen molar-refractivity contribution >= 4 is 28.1 Å². The number of benzene rings is 2. The van der Waals surface area contributed by atoms with Crippen molar-refractivity contribution in [2.75, 3.05) is 5.32 Å². The number of nitro benzene ring substituents is 1. The zero-order valence-corrected chi connectivity index (χ0v) is 15.4. The van der Waals surface area contributed by atoms with E-state index in [1.165, 1.54) is 23.5 Å². The van der Waals surface area contributed by atoms with Crippen molar-refractivity contribution < 1.29 is 9.72 Å². The van der Waals surface area contributed by atoms with Crippen LogP contribution in [0.2, 0.25) is 0 Å². The molecule has 0 unspecified atom stereocenters. The third kappa shape index (κ3) is 3.62. The van der Waals surface area contributed by atoms with Gasteiger partial charge in [0.1, 0.15) is 0 Å². The summed E-state index contributed by atoms with van der Waals surface area (Å²) in [7, 11) is 0. The lowest BCUT2D eigenvalue weighted by molar-refractivity contribution is -0.384. The number of hydrogen-bond acceptors (Lipinski definition) is 5. The van der Waals surface area contributed by atoms with Crippen LogP contribution in [0.15, 0.2) is 41.8 Å². The van der Waals surface area contributed by atoms with Crippen LogP contribution < -0.4 is 5.32 Å². The molecule has 0 aliphatic heterocycles. The molecule has 3 rings (SSSR count). The van der Waals surface area contributed by atoms with Crippen LogP contribution in [0.25, 0.3) is 11.3 Å². The SMILES string of the molecule is Cc1cc(C)c(C(=O)Nc2nc(-c3ccc([N+](=O)[O-])cc3)cs2)c(C)c1. The Morgan fingerprint density at radius 1 is 1.12 bits per heavy atom. The van der Waals surface area contributed by atoms with E-state index in [-0.39, 0.29) is 11.6 Å². The molecule has 2 aromatic carbocycles. The Hall–Kier alpha value is -3.06. The standard InChI is InChI=1S/C19H17N3O3S/c1-11-8-12(2)17(13(3)9-11)18(23)21-19-20-16(10-26-19)14-4-6-15(7-5-14)22(24)25/h4-10H,1-3H3,(H,20,21,23). The molecule has 26 heavy (non-hydrogen) atoms. The van der Waals surface area contributed by atoms with E-state index in [4.69, 9.17) is 0 Å². The van der Waals surface area contributed by atoms with E-state index < -0.39 is 4.92 Å². The fourth-order valence-electron chi connectivity index (χ4n) is 2.92. The minimum Gasteiger partial charge on any atom is -0.298 e. The second kappa shape index (κ2) is 7.05. The first-order valence-corrected chi connectivity index (χ1v) is 8.82. The molecule has 1 amide bonds. The summed E-state index contributed by atoms with van der Waals surface area (Å²) in [5.41, 5.74) is 5.07. The van der Waals surface area contributed by atoms with Crippen molar-refractivity contribution in [3.8, 4) is 11.3 Å². The largest absolute Gasteiger partial charge is 0.298 e. The van der Waals surface area contributed by atoms with Crippen LogP contribution in [0.5, 0.6) is 0 Å². The summed E-state index contributed by atoms with van der Waals surface area (Å²) < 4.78 is 0. The van der Waals surface area contributed by atoms with Crippen molar-refractivity contribution in [2.24, 2.45) is 0 Å². The molecule has 0 radical (unpaired) electrons. The second-order valence-corrected chi connectivity index (χ2v) is 6.93. The molecule has 1 aromatic heterocycles. The molecule has 0 saturated heterocycles. The Bertz CT molecular complexity index is 971. The number of thiazole rings is 1. The first kappa shape index (κ1) is 17.8. The van der Waals surface area contributed by atoms with E-state index in [9.17, 15) is 14.9 Å². The summed E-state index contributed by atoms with van der Waals surface area (Å²) in [6.45, 7) is 5.83. The van der Waals surface area contributed by atoms with E-state index in [0.717, 1.165) is 22.3 Å². The molecule has 0 atom stereocenters. The normalized spacial score (nSPS) is 10.6. The van der Waals surface area contributed by atoms with E-state index >= 15 is 0 Å². The van der Waals surface area contributed by atoms with Gasteiger partial charge in [0.25, 0.3) is 11.6 Å². The molecule has 0 aliphatic carbocycles. The highest BCUT2D eigenvalue weighted by Crippen LogP contribution is 2.27. The summed E-state index contributed by atoms with van der Waals surface area (Å²) in [6.07, 6.45) is 0. The minimum absolute atomic E-state index is 0.0304. The number of rotatable bonds is 4. The van der Waals surface area contributed by atoms with Crippen molar-refractivity contribution in [1.82, 2.24) is 4.98 Å². The van der Waals surface area contributed by atoms with Crippen molar-refractivity contribution in [2.45, 2.75) is 20.8 Å². The number of amides is 1. The van der Waals surface area contributed by atoms with Crippen LogP contribution >= 0.6 is 11.3 Å². The summed E-state index contributed by atoms with van der Waals surface area (Å²) >= 11 is 1.32. The highest BCUT2D eigenvalue weighted by Gasteiger charge is 2.15. The summed E-state index contributed by atoms with van der Waals surface area (Å²) in [5, 5.41) is 15.9. The third-order valence-corrected chi connectivity index (χ3v) is 4.76. The van der Waals surface area contributed by atoms with Crippen molar-refractivity contribution in [1.29, 1.82) is 0 Å². The summed E-state index contributed by atoms with van der Waals surface area (Å²) in [6, 6.07) is 10.1. The van der Waals surface area contributed by atoms with E-state index in [1.54, 1.807) is 12.1 Å². The molecule has 0 spiro atoms. The van der Waals surface area contributed by atoms with Crippen LogP contribution in [-0.4, -0.2) is 15.8 Å². The van der Waals surface area contributed by atoms with Gasteiger partial charge in [0, 0.05) is 28.6 Å². The molecular weight excluding hydrogens is 350 g/mol. The Labute approximate surface area is 154 Å². The third-order valence-electron chi connectivity index (χ3n) is 4.00. The fraction of sp³-hybridized carbons (Fsp3) is 0.158. The van der Waals surface area contributed by atoms with Gasteiger partial charge in [-0.2, -0.15) is 0 Å². The van der Waals surface area contributed by atoms with Gasteiger partial charge < -0.3 is 0 Å². The van der Waals surface area contributed by atoms with Gasteiger partial charge in [0.2, 0.25) is 0 Å². The molecule has 0 saturated carbocycles. The Balaban J connectivity index is 1.80. The Morgan fingerprint density at radius 3 is 2.31 bits per heavy atom. The van der Waals surface area contributed by atoms with Gasteiger partial charge in [-0.25, -0.2) is 4.98 Å². The van der Waals surface area contributed by atoms with Gasteiger partial charge in [-0.05, 0) is 44.0 Å². The average molecular weight is 367 g/mol. The van der Waals surface area contributed by atoms with Crippen LogP contribution in [0.4, 0.5) is 10.8 Å². The van der Waals surface area contributed by atoms with Crippen LogP contribution in [0.3, 0.4) is 0 Å². The number of aromatic nitrogens is 1. The molecule has 132 valence electrons. The first-order chi connectivity index (χ1) is 12.3. The predicted octanol–water partition coefficient (Wildman–Crippen LogP) is 4.90. The number of non-ortho nitro benzene ring substituents is 1.